The smallest absolute Gasteiger partial charge is 0.0641 e. The zero-order valence-corrected chi connectivity index (χ0v) is 12.0. The van der Waals surface area contributed by atoms with Crippen LogP contribution in [0, 0.1) is 13.8 Å². The molecule has 0 aliphatic carbocycles. The van der Waals surface area contributed by atoms with Crippen molar-refractivity contribution in [3.05, 3.63) is 47.0 Å². The fourth-order valence-electron chi connectivity index (χ4n) is 2.24. The van der Waals surface area contributed by atoms with E-state index in [2.05, 4.69) is 53.0 Å². The van der Waals surface area contributed by atoms with Crippen molar-refractivity contribution >= 4 is 0 Å². The molecule has 0 unspecified atom stereocenters. The van der Waals surface area contributed by atoms with E-state index in [-0.39, 0.29) is 0 Å². The number of hydrogen-bond acceptors (Lipinski definition) is 3. The Morgan fingerprint density at radius 3 is 2.63 bits per heavy atom. The maximum Gasteiger partial charge on any atom is 0.0641 e. The van der Waals surface area contributed by atoms with Gasteiger partial charge in [0.15, 0.2) is 0 Å². The summed E-state index contributed by atoms with van der Waals surface area (Å²) in [5.41, 5.74) is 5.04. The monoisotopic (exact) mass is 258 g/mol. The zero-order chi connectivity index (χ0) is 13.7. The lowest BCUT2D eigenvalue weighted by atomic mass is 10.2. The average molecular weight is 258 g/mol. The number of aromatic nitrogens is 3. The summed E-state index contributed by atoms with van der Waals surface area (Å²) >= 11 is 0. The van der Waals surface area contributed by atoms with Crippen LogP contribution in [0.3, 0.4) is 0 Å². The molecular formula is C15H22N4. The quantitative estimate of drug-likeness (QED) is 0.864. The SMILES string of the molecule is CCNCc1c(C)nn(CCc2ccncc2)c1C. The van der Waals surface area contributed by atoms with E-state index in [0.717, 1.165) is 31.7 Å². The molecule has 0 amide bonds. The summed E-state index contributed by atoms with van der Waals surface area (Å²) in [5, 5.41) is 8.01. The molecule has 102 valence electrons. The van der Waals surface area contributed by atoms with E-state index >= 15 is 0 Å². The van der Waals surface area contributed by atoms with E-state index in [1.165, 1.54) is 16.8 Å². The zero-order valence-electron chi connectivity index (χ0n) is 12.0. The number of nitrogens with zero attached hydrogens (tertiary/aromatic N) is 3. The Labute approximate surface area is 114 Å². The van der Waals surface area contributed by atoms with Gasteiger partial charge in [-0.15, -0.1) is 0 Å². The van der Waals surface area contributed by atoms with Crippen LogP contribution in [-0.2, 0) is 19.5 Å². The molecule has 2 rings (SSSR count). The summed E-state index contributed by atoms with van der Waals surface area (Å²) in [5.74, 6) is 0. The van der Waals surface area contributed by atoms with Gasteiger partial charge in [-0.25, -0.2) is 0 Å². The maximum atomic E-state index is 4.64. The van der Waals surface area contributed by atoms with Crippen molar-refractivity contribution in [2.45, 2.75) is 40.3 Å². The lowest BCUT2D eigenvalue weighted by Gasteiger charge is -2.06. The van der Waals surface area contributed by atoms with Crippen molar-refractivity contribution in [3.63, 3.8) is 0 Å². The van der Waals surface area contributed by atoms with Crippen LogP contribution in [-0.4, -0.2) is 21.3 Å². The maximum absolute atomic E-state index is 4.64. The van der Waals surface area contributed by atoms with Gasteiger partial charge in [0.1, 0.15) is 0 Å². The first kappa shape index (κ1) is 13.7. The van der Waals surface area contributed by atoms with Crippen LogP contribution in [0.4, 0.5) is 0 Å². The van der Waals surface area contributed by atoms with Gasteiger partial charge in [-0.2, -0.15) is 5.10 Å². The predicted octanol–water partition coefficient (Wildman–Crippen LogP) is 2.25. The van der Waals surface area contributed by atoms with Crippen LogP contribution in [0.5, 0.6) is 0 Å². The van der Waals surface area contributed by atoms with Crippen LogP contribution < -0.4 is 5.32 Å². The Bertz CT molecular complexity index is 516. The highest BCUT2D eigenvalue weighted by atomic mass is 15.3. The van der Waals surface area contributed by atoms with Crippen molar-refractivity contribution in [3.8, 4) is 0 Å². The van der Waals surface area contributed by atoms with E-state index in [1.54, 1.807) is 0 Å². The molecule has 0 saturated carbocycles. The van der Waals surface area contributed by atoms with Gasteiger partial charge in [-0.3, -0.25) is 9.67 Å². The van der Waals surface area contributed by atoms with Crippen LogP contribution in [0.25, 0.3) is 0 Å². The van der Waals surface area contributed by atoms with Crippen molar-refractivity contribution in [2.24, 2.45) is 0 Å². The Balaban J connectivity index is 2.05. The summed E-state index contributed by atoms with van der Waals surface area (Å²) in [6, 6.07) is 4.12. The van der Waals surface area contributed by atoms with Gasteiger partial charge >= 0.3 is 0 Å². The number of aryl methyl sites for hydroxylation is 3. The molecule has 0 spiro atoms. The molecule has 0 radical (unpaired) electrons. The molecule has 2 aromatic rings. The molecule has 0 aliphatic heterocycles. The minimum Gasteiger partial charge on any atom is -0.313 e. The topological polar surface area (TPSA) is 42.7 Å². The number of hydrogen-bond donors (Lipinski definition) is 1. The minimum absolute atomic E-state index is 0.906. The first-order valence-corrected chi connectivity index (χ1v) is 6.85. The van der Waals surface area contributed by atoms with Crippen LogP contribution in [0.15, 0.2) is 24.5 Å². The third-order valence-electron chi connectivity index (χ3n) is 3.44. The van der Waals surface area contributed by atoms with Gasteiger partial charge < -0.3 is 5.32 Å². The Morgan fingerprint density at radius 1 is 1.21 bits per heavy atom. The van der Waals surface area contributed by atoms with Gasteiger partial charge in [0.05, 0.1) is 5.69 Å². The molecule has 0 fully saturated rings. The fraction of sp³-hybridized carbons (Fsp3) is 0.467. The van der Waals surface area contributed by atoms with Crippen LogP contribution in [0.1, 0.15) is 29.4 Å². The third-order valence-corrected chi connectivity index (χ3v) is 3.44. The van der Waals surface area contributed by atoms with Crippen molar-refractivity contribution in [1.82, 2.24) is 20.1 Å². The van der Waals surface area contributed by atoms with Gasteiger partial charge in [0.2, 0.25) is 0 Å². The average Bonchev–Trinajstić information content (AvgIpc) is 2.70. The van der Waals surface area contributed by atoms with Crippen molar-refractivity contribution < 1.29 is 0 Å². The second-order valence-electron chi connectivity index (χ2n) is 4.76. The second kappa shape index (κ2) is 6.48. The summed E-state index contributed by atoms with van der Waals surface area (Å²) < 4.78 is 2.11. The first-order chi connectivity index (χ1) is 9.22. The molecule has 0 aliphatic rings. The molecule has 2 aromatic heterocycles. The number of pyridine rings is 1. The summed E-state index contributed by atoms with van der Waals surface area (Å²) in [6.07, 6.45) is 4.67. The van der Waals surface area contributed by atoms with Gasteiger partial charge in [-0.1, -0.05) is 6.92 Å². The van der Waals surface area contributed by atoms with E-state index in [9.17, 15) is 0 Å². The van der Waals surface area contributed by atoms with E-state index in [0.29, 0.717) is 0 Å². The molecular weight excluding hydrogens is 236 g/mol. The Morgan fingerprint density at radius 2 is 1.95 bits per heavy atom. The Kier molecular flexibility index (Phi) is 4.68. The molecule has 0 aromatic carbocycles. The molecule has 1 N–H and O–H groups in total. The molecule has 0 atom stereocenters. The minimum atomic E-state index is 0.906. The largest absolute Gasteiger partial charge is 0.313 e. The third kappa shape index (κ3) is 3.41. The predicted molar refractivity (Wildman–Crippen MR) is 77.0 cm³/mol. The van der Waals surface area contributed by atoms with Crippen molar-refractivity contribution in [2.75, 3.05) is 6.54 Å². The molecule has 0 bridgehead atoms. The van der Waals surface area contributed by atoms with Crippen LogP contribution in [0.2, 0.25) is 0 Å². The molecule has 2 heterocycles. The summed E-state index contributed by atoms with van der Waals surface area (Å²) in [7, 11) is 0. The highest BCUT2D eigenvalue weighted by molar-refractivity contribution is 5.24. The lowest BCUT2D eigenvalue weighted by Crippen LogP contribution is -2.13. The molecule has 4 nitrogen and oxygen atoms in total. The highest BCUT2D eigenvalue weighted by Gasteiger charge is 2.10. The van der Waals surface area contributed by atoms with Gasteiger partial charge in [0, 0.05) is 36.7 Å². The Hall–Kier alpha value is -1.68. The highest BCUT2D eigenvalue weighted by Crippen LogP contribution is 2.13. The number of rotatable bonds is 6. The normalized spacial score (nSPS) is 10.9. The van der Waals surface area contributed by atoms with E-state index in [4.69, 9.17) is 0 Å². The summed E-state index contributed by atoms with van der Waals surface area (Å²) in [4.78, 5) is 4.04. The van der Waals surface area contributed by atoms with Gasteiger partial charge in [0.25, 0.3) is 0 Å². The molecule has 19 heavy (non-hydrogen) atoms. The first-order valence-electron chi connectivity index (χ1n) is 6.85. The summed E-state index contributed by atoms with van der Waals surface area (Å²) in [6.45, 7) is 9.17. The lowest BCUT2D eigenvalue weighted by molar-refractivity contribution is 0.592. The molecule has 4 heteroatoms. The van der Waals surface area contributed by atoms with Crippen molar-refractivity contribution in [1.29, 1.82) is 0 Å². The fourth-order valence-corrected chi connectivity index (χ4v) is 2.24. The standard InChI is InChI=1S/C15H22N4/c1-4-16-11-15-12(2)18-19(13(15)3)10-7-14-5-8-17-9-6-14/h5-6,8-9,16H,4,7,10-11H2,1-3H3. The number of nitrogens with one attached hydrogen (secondary N) is 1. The van der Waals surface area contributed by atoms with Gasteiger partial charge in [-0.05, 0) is 44.5 Å². The molecule has 0 saturated heterocycles. The second-order valence-corrected chi connectivity index (χ2v) is 4.76. The van der Waals surface area contributed by atoms with E-state index in [1.807, 2.05) is 12.4 Å². The van der Waals surface area contributed by atoms with E-state index < -0.39 is 0 Å². The van der Waals surface area contributed by atoms with Crippen LogP contribution >= 0.6 is 0 Å².